The van der Waals surface area contributed by atoms with Gasteiger partial charge in [0.15, 0.2) is 0 Å². The molecule has 0 radical (unpaired) electrons. The molecule has 0 saturated carbocycles. The van der Waals surface area contributed by atoms with Crippen molar-refractivity contribution in [3.05, 3.63) is 93.2 Å². The molecule has 2 heterocycles. The molecular formula is C23H16N2O3S. The van der Waals surface area contributed by atoms with Crippen molar-refractivity contribution >= 4 is 34.5 Å². The van der Waals surface area contributed by atoms with Crippen molar-refractivity contribution in [2.75, 3.05) is 4.90 Å². The van der Waals surface area contributed by atoms with Crippen LogP contribution < -0.4 is 4.90 Å². The number of aliphatic hydroxyl groups excluding tert-OH is 1. The highest BCUT2D eigenvalue weighted by molar-refractivity contribution is 7.10. The SMILES string of the molecule is Cc1ccc(/C(O)=C2/C(=O)C(=O)N(c3ccc(C#N)cc3)C2c2cccs2)cc1. The Morgan fingerprint density at radius 3 is 2.34 bits per heavy atom. The summed E-state index contributed by atoms with van der Waals surface area (Å²) in [6, 6.07) is 18.6. The van der Waals surface area contributed by atoms with Crippen LogP contribution in [0.15, 0.2) is 71.6 Å². The Bertz CT molecular complexity index is 1150. The van der Waals surface area contributed by atoms with Crippen molar-refractivity contribution in [3.63, 3.8) is 0 Å². The largest absolute Gasteiger partial charge is 0.507 e. The average molecular weight is 400 g/mol. The smallest absolute Gasteiger partial charge is 0.300 e. The molecule has 2 aromatic carbocycles. The van der Waals surface area contributed by atoms with Gasteiger partial charge in [0.1, 0.15) is 11.8 Å². The molecule has 1 unspecified atom stereocenters. The first-order valence-corrected chi connectivity index (χ1v) is 9.81. The number of carbonyl (C=O) groups is 2. The molecule has 1 amide bonds. The average Bonchev–Trinajstić information content (AvgIpc) is 3.35. The number of anilines is 1. The van der Waals surface area contributed by atoms with Crippen molar-refractivity contribution in [1.82, 2.24) is 0 Å². The lowest BCUT2D eigenvalue weighted by Crippen LogP contribution is -2.29. The Morgan fingerprint density at radius 2 is 1.76 bits per heavy atom. The number of hydrogen-bond acceptors (Lipinski definition) is 5. The molecule has 1 aliphatic rings. The topological polar surface area (TPSA) is 81.4 Å². The Morgan fingerprint density at radius 1 is 1.07 bits per heavy atom. The van der Waals surface area contributed by atoms with Crippen molar-refractivity contribution in [2.45, 2.75) is 13.0 Å². The van der Waals surface area contributed by atoms with Gasteiger partial charge in [-0.15, -0.1) is 11.3 Å². The van der Waals surface area contributed by atoms with Gasteiger partial charge in [0.05, 0.1) is 17.2 Å². The minimum Gasteiger partial charge on any atom is -0.507 e. The van der Waals surface area contributed by atoms with Crippen LogP contribution in [-0.2, 0) is 9.59 Å². The molecule has 0 spiro atoms. The second kappa shape index (κ2) is 7.38. The third-order valence-electron chi connectivity index (χ3n) is 4.86. The number of thiophene rings is 1. The number of benzene rings is 2. The van der Waals surface area contributed by atoms with Crippen LogP contribution in [0.2, 0.25) is 0 Å². The maximum absolute atomic E-state index is 12.9. The number of rotatable bonds is 3. The number of aryl methyl sites for hydroxylation is 1. The molecule has 1 aliphatic heterocycles. The molecule has 6 heteroatoms. The van der Waals surface area contributed by atoms with E-state index in [9.17, 15) is 14.7 Å². The fourth-order valence-corrected chi connectivity index (χ4v) is 4.20. The van der Waals surface area contributed by atoms with E-state index in [0.29, 0.717) is 16.8 Å². The lowest BCUT2D eigenvalue weighted by molar-refractivity contribution is -0.132. The zero-order valence-electron chi connectivity index (χ0n) is 15.5. The van der Waals surface area contributed by atoms with E-state index in [0.717, 1.165) is 10.4 Å². The van der Waals surface area contributed by atoms with Gasteiger partial charge < -0.3 is 5.11 Å². The Labute approximate surface area is 171 Å². The minimum absolute atomic E-state index is 0.0608. The number of Topliss-reactive ketones (excluding diaryl/α,β-unsaturated/α-hetero) is 1. The maximum Gasteiger partial charge on any atom is 0.300 e. The highest BCUT2D eigenvalue weighted by Crippen LogP contribution is 2.43. The molecule has 1 saturated heterocycles. The quantitative estimate of drug-likeness (QED) is 0.397. The zero-order valence-corrected chi connectivity index (χ0v) is 16.3. The van der Waals surface area contributed by atoms with E-state index in [1.807, 2.05) is 42.6 Å². The summed E-state index contributed by atoms with van der Waals surface area (Å²) in [5, 5.41) is 21.8. The van der Waals surface area contributed by atoms with E-state index in [1.165, 1.54) is 16.2 Å². The van der Waals surface area contributed by atoms with Crippen LogP contribution in [-0.4, -0.2) is 16.8 Å². The van der Waals surface area contributed by atoms with Crippen LogP contribution in [0.3, 0.4) is 0 Å². The van der Waals surface area contributed by atoms with Gasteiger partial charge in [0, 0.05) is 16.1 Å². The third-order valence-corrected chi connectivity index (χ3v) is 5.78. The molecular weight excluding hydrogens is 384 g/mol. The zero-order chi connectivity index (χ0) is 20.5. The summed E-state index contributed by atoms with van der Waals surface area (Å²) in [5.74, 6) is -1.63. The van der Waals surface area contributed by atoms with Gasteiger partial charge in [0.2, 0.25) is 0 Å². The number of aliphatic hydroxyl groups is 1. The Balaban J connectivity index is 1.90. The second-order valence-corrected chi connectivity index (χ2v) is 7.69. The molecule has 29 heavy (non-hydrogen) atoms. The van der Waals surface area contributed by atoms with Gasteiger partial charge >= 0.3 is 0 Å². The molecule has 1 N–H and O–H groups in total. The monoisotopic (exact) mass is 400 g/mol. The summed E-state index contributed by atoms with van der Waals surface area (Å²) < 4.78 is 0. The fraction of sp³-hybridized carbons (Fsp3) is 0.0870. The van der Waals surface area contributed by atoms with Gasteiger partial charge in [-0.1, -0.05) is 35.9 Å². The summed E-state index contributed by atoms with van der Waals surface area (Å²) in [7, 11) is 0. The van der Waals surface area contributed by atoms with E-state index >= 15 is 0 Å². The van der Waals surface area contributed by atoms with Crippen molar-refractivity contribution < 1.29 is 14.7 Å². The molecule has 5 nitrogen and oxygen atoms in total. The number of carbonyl (C=O) groups excluding carboxylic acids is 2. The number of nitriles is 1. The fourth-order valence-electron chi connectivity index (χ4n) is 3.38. The molecule has 1 aromatic heterocycles. The van der Waals surface area contributed by atoms with Crippen LogP contribution in [0, 0.1) is 18.3 Å². The van der Waals surface area contributed by atoms with Gasteiger partial charge in [-0.2, -0.15) is 5.26 Å². The first-order chi connectivity index (χ1) is 14.0. The Kier molecular flexibility index (Phi) is 4.75. The normalized spacial score (nSPS) is 18.1. The number of nitrogens with zero attached hydrogens (tertiary/aromatic N) is 2. The summed E-state index contributed by atoms with van der Waals surface area (Å²) in [5.41, 5.74) is 2.51. The van der Waals surface area contributed by atoms with Crippen LogP contribution in [0.25, 0.3) is 5.76 Å². The maximum atomic E-state index is 12.9. The predicted molar refractivity (Wildman–Crippen MR) is 111 cm³/mol. The van der Waals surface area contributed by atoms with Crippen molar-refractivity contribution in [1.29, 1.82) is 5.26 Å². The molecule has 1 fully saturated rings. The molecule has 0 aliphatic carbocycles. The first kappa shape index (κ1) is 18.7. The lowest BCUT2D eigenvalue weighted by atomic mass is 9.99. The summed E-state index contributed by atoms with van der Waals surface area (Å²) >= 11 is 1.41. The second-order valence-electron chi connectivity index (χ2n) is 6.71. The van der Waals surface area contributed by atoms with Crippen LogP contribution in [0.4, 0.5) is 5.69 Å². The summed E-state index contributed by atoms with van der Waals surface area (Å²) in [4.78, 5) is 28.0. The highest BCUT2D eigenvalue weighted by Gasteiger charge is 2.47. The van der Waals surface area contributed by atoms with E-state index in [2.05, 4.69) is 0 Å². The van der Waals surface area contributed by atoms with E-state index in [1.54, 1.807) is 36.4 Å². The molecule has 3 aromatic rings. The predicted octanol–water partition coefficient (Wildman–Crippen LogP) is 4.55. The van der Waals surface area contributed by atoms with E-state index in [4.69, 9.17) is 5.26 Å². The van der Waals surface area contributed by atoms with Crippen LogP contribution in [0.5, 0.6) is 0 Å². The van der Waals surface area contributed by atoms with E-state index < -0.39 is 17.7 Å². The Hall–Kier alpha value is -3.69. The van der Waals surface area contributed by atoms with Crippen LogP contribution >= 0.6 is 11.3 Å². The molecule has 0 bridgehead atoms. The van der Waals surface area contributed by atoms with E-state index in [-0.39, 0.29) is 11.3 Å². The van der Waals surface area contributed by atoms with Crippen molar-refractivity contribution in [3.8, 4) is 6.07 Å². The van der Waals surface area contributed by atoms with Crippen molar-refractivity contribution in [2.24, 2.45) is 0 Å². The summed E-state index contributed by atoms with van der Waals surface area (Å²) in [6.07, 6.45) is 0. The summed E-state index contributed by atoms with van der Waals surface area (Å²) in [6.45, 7) is 1.93. The molecule has 4 rings (SSSR count). The first-order valence-electron chi connectivity index (χ1n) is 8.93. The van der Waals surface area contributed by atoms with Gasteiger partial charge in [-0.05, 0) is 42.6 Å². The molecule has 1 atom stereocenters. The standard InChI is InChI=1S/C23H16N2O3S/c1-14-4-8-16(9-5-14)21(26)19-20(18-3-2-12-29-18)25(23(28)22(19)27)17-10-6-15(13-24)7-11-17/h2-12,20,26H,1H3/b21-19-. The molecule has 142 valence electrons. The highest BCUT2D eigenvalue weighted by atomic mass is 32.1. The van der Waals surface area contributed by atoms with Gasteiger partial charge in [-0.25, -0.2) is 0 Å². The minimum atomic E-state index is -0.732. The van der Waals surface area contributed by atoms with Crippen LogP contribution in [0.1, 0.15) is 27.6 Å². The number of ketones is 1. The van der Waals surface area contributed by atoms with Gasteiger partial charge in [0.25, 0.3) is 11.7 Å². The number of hydrogen-bond donors (Lipinski definition) is 1. The lowest BCUT2D eigenvalue weighted by Gasteiger charge is -2.24. The van der Waals surface area contributed by atoms with Gasteiger partial charge in [-0.3, -0.25) is 14.5 Å². The number of amides is 1. The third kappa shape index (κ3) is 3.22.